The molecule has 5 aromatic rings. The number of ketones is 2. The molecule has 44 heavy (non-hydrogen) atoms. The summed E-state index contributed by atoms with van der Waals surface area (Å²) in [6, 6.07) is 11.7. The average Bonchev–Trinajstić information content (AvgIpc) is 3.42. The van der Waals surface area contributed by atoms with Gasteiger partial charge in [0.05, 0.1) is 59.2 Å². The summed E-state index contributed by atoms with van der Waals surface area (Å²) in [6.45, 7) is 0. The molecule has 2 heterocycles. The molecule has 6 nitrogen and oxygen atoms in total. The normalized spacial score (nSPS) is 14.9. The Hall–Kier alpha value is -1.89. The maximum atomic E-state index is 14.1. The van der Waals surface area contributed by atoms with Crippen LogP contribution in [-0.2, 0) is 0 Å². The number of carbonyl (C=O) groups is 4. The molecule has 1 aromatic heterocycles. The molecule has 0 unspecified atom stereocenters. The highest BCUT2D eigenvalue weighted by Gasteiger charge is 2.46. The molecular weight excluding hydrogens is 914 g/mol. The molecule has 2 amide bonds. The van der Waals surface area contributed by atoms with Crippen molar-refractivity contribution in [3.8, 4) is 0 Å². The molecule has 2 aliphatic rings. The van der Waals surface area contributed by atoms with Crippen LogP contribution in [0.1, 0.15) is 53.0 Å². The van der Waals surface area contributed by atoms with Gasteiger partial charge in [-0.3, -0.25) is 19.2 Å². The molecule has 0 spiro atoms. The number of aromatic nitrogens is 1. The molecule has 0 saturated carbocycles. The summed E-state index contributed by atoms with van der Waals surface area (Å²) in [5.41, 5.74) is 0.638. The van der Waals surface area contributed by atoms with E-state index in [9.17, 15) is 19.2 Å². The number of halogens is 8. The van der Waals surface area contributed by atoms with Crippen molar-refractivity contribution in [2.75, 3.05) is 4.90 Å². The van der Waals surface area contributed by atoms with Crippen molar-refractivity contribution < 1.29 is 19.2 Å². The van der Waals surface area contributed by atoms with E-state index in [1.54, 1.807) is 36.4 Å². The van der Waals surface area contributed by atoms with Gasteiger partial charge in [-0.2, -0.15) is 0 Å². The van der Waals surface area contributed by atoms with Gasteiger partial charge >= 0.3 is 0 Å². The smallest absolute Gasteiger partial charge is 0.267 e. The molecule has 0 atom stereocenters. The van der Waals surface area contributed by atoms with Crippen LogP contribution in [0.2, 0.25) is 20.1 Å². The van der Waals surface area contributed by atoms with E-state index in [-0.39, 0.29) is 59.2 Å². The summed E-state index contributed by atoms with van der Waals surface area (Å²) >= 11 is 39.2. The number of para-hydroxylation sites is 1. The summed E-state index contributed by atoms with van der Waals surface area (Å²) in [7, 11) is 0. The number of rotatable bonds is 2. The molecule has 0 radical (unpaired) electrons. The second-order valence-electron chi connectivity index (χ2n) is 9.86. The van der Waals surface area contributed by atoms with E-state index in [0.717, 1.165) is 9.37 Å². The van der Waals surface area contributed by atoms with Crippen LogP contribution in [-0.4, -0.2) is 28.4 Å². The molecule has 0 saturated heterocycles. The molecule has 0 fully saturated rings. The number of hydrogen-bond acceptors (Lipinski definition) is 5. The second kappa shape index (κ2) is 10.8. The van der Waals surface area contributed by atoms with Crippen molar-refractivity contribution in [3.05, 3.63) is 108 Å². The summed E-state index contributed by atoms with van der Waals surface area (Å²) in [5, 5.41) is 1.20. The third-order valence-corrected chi connectivity index (χ3v) is 13.6. The van der Waals surface area contributed by atoms with Gasteiger partial charge < -0.3 is 0 Å². The van der Waals surface area contributed by atoms with Crippen molar-refractivity contribution in [2.24, 2.45) is 0 Å². The summed E-state index contributed by atoms with van der Waals surface area (Å²) in [5.74, 6) is -3.80. The maximum Gasteiger partial charge on any atom is 0.267 e. The number of anilines is 1. The Morgan fingerprint density at radius 3 is 1.89 bits per heavy atom. The molecule has 4 aromatic carbocycles. The zero-order chi connectivity index (χ0) is 31.5. The van der Waals surface area contributed by atoms with Gasteiger partial charge in [-0.25, -0.2) is 9.88 Å². The highest BCUT2D eigenvalue weighted by atomic mass is 79.9. The predicted molar refractivity (Wildman–Crippen MR) is 186 cm³/mol. The van der Waals surface area contributed by atoms with E-state index in [0.29, 0.717) is 29.6 Å². The van der Waals surface area contributed by atoms with Crippen LogP contribution in [0, 0.1) is 0 Å². The number of imide groups is 1. The lowest BCUT2D eigenvalue weighted by molar-refractivity contribution is 0.0882. The van der Waals surface area contributed by atoms with Crippen LogP contribution in [0.15, 0.2) is 60.4 Å². The van der Waals surface area contributed by atoms with Crippen molar-refractivity contribution in [1.82, 2.24) is 4.98 Å². The van der Waals surface area contributed by atoms with E-state index in [1.165, 1.54) is 6.07 Å². The molecule has 1 aliphatic carbocycles. The average molecular weight is 922 g/mol. The lowest BCUT2D eigenvalue weighted by Crippen LogP contribution is -2.30. The molecule has 218 valence electrons. The Morgan fingerprint density at radius 1 is 0.636 bits per heavy atom. The van der Waals surface area contributed by atoms with E-state index in [4.69, 9.17) is 46.4 Å². The van der Waals surface area contributed by atoms with Crippen molar-refractivity contribution >= 4 is 161 Å². The van der Waals surface area contributed by atoms with Gasteiger partial charge in [0.15, 0.2) is 11.6 Å². The second-order valence-corrected chi connectivity index (χ2v) is 14.6. The minimum absolute atomic E-state index is 0.0790. The van der Waals surface area contributed by atoms with Gasteiger partial charge in [-0.05, 0) is 87.3 Å². The fourth-order valence-corrected chi connectivity index (χ4v) is 9.01. The Kier molecular flexibility index (Phi) is 7.58. The molecule has 1 aliphatic heterocycles. The summed E-state index contributed by atoms with van der Waals surface area (Å²) in [4.78, 5) is 61.0. The first-order valence-electron chi connectivity index (χ1n) is 12.4. The zero-order valence-electron chi connectivity index (χ0n) is 21.2. The van der Waals surface area contributed by atoms with Crippen molar-refractivity contribution in [2.45, 2.75) is 5.92 Å². The number of Topliss-reactive ketones (excluding diaryl/α,β-unsaturated/α-hetero) is 2. The Labute approximate surface area is 301 Å². The van der Waals surface area contributed by atoms with Crippen molar-refractivity contribution in [3.63, 3.8) is 0 Å². The van der Waals surface area contributed by atoms with Gasteiger partial charge in [0, 0.05) is 28.7 Å². The van der Waals surface area contributed by atoms with Gasteiger partial charge in [0.1, 0.15) is 5.92 Å². The van der Waals surface area contributed by atoms with E-state index < -0.39 is 29.3 Å². The van der Waals surface area contributed by atoms with E-state index in [2.05, 4.69) is 68.7 Å². The lowest BCUT2D eigenvalue weighted by Gasteiger charge is -2.17. The molecular formula is C30H8Br4Cl4N2O4. The summed E-state index contributed by atoms with van der Waals surface area (Å²) in [6.07, 6.45) is 0. The number of fused-ring (bicyclic) bond motifs is 5. The van der Waals surface area contributed by atoms with Gasteiger partial charge in [-0.1, -0.05) is 70.7 Å². The number of amides is 2. The third-order valence-electron chi connectivity index (χ3n) is 7.62. The number of pyridine rings is 1. The standard InChI is InChI=1S/C30H8Br4Cl4N2O4/c31-10-6-5-9-13-16(21(34)20(33)14(9)19(10)32)30(44)40(29(13)43)12-3-1-2-8-4-7-11(39-26(8)12)15-27(41)17-18(28(15)42)23(36)25(38)24(37)22(17)35/h1-7,15H. The highest BCUT2D eigenvalue weighted by Crippen LogP contribution is 2.49. The summed E-state index contributed by atoms with van der Waals surface area (Å²) < 4.78 is 2.48. The van der Waals surface area contributed by atoms with Gasteiger partial charge in [0.25, 0.3) is 11.8 Å². The number of hydrogen-bond donors (Lipinski definition) is 0. The molecule has 0 N–H and O–H groups in total. The zero-order valence-corrected chi connectivity index (χ0v) is 30.5. The minimum atomic E-state index is -1.39. The van der Waals surface area contributed by atoms with E-state index in [1.807, 2.05) is 0 Å². The SMILES string of the molecule is O=C1c2c(Cl)c(Cl)c(Cl)c(Cl)c2C(=O)C1c1ccc2cccc(N3C(=O)c4c(Br)c(Br)c5c(Br)c(Br)ccc5c4C3=O)c2n1. The number of benzene rings is 4. The number of carbonyl (C=O) groups excluding carboxylic acids is 4. The predicted octanol–water partition coefficient (Wildman–Crippen LogP) is 11.0. The Balaban J connectivity index is 1.40. The van der Waals surface area contributed by atoms with Gasteiger partial charge in [0.2, 0.25) is 0 Å². The first kappa shape index (κ1) is 30.7. The largest absolute Gasteiger partial charge is 0.293 e. The van der Waals surface area contributed by atoms with Crippen LogP contribution in [0.25, 0.3) is 21.7 Å². The lowest BCUT2D eigenvalue weighted by atomic mass is 9.98. The molecule has 7 rings (SSSR count). The van der Waals surface area contributed by atoms with Crippen LogP contribution < -0.4 is 4.90 Å². The Morgan fingerprint density at radius 2 is 1.25 bits per heavy atom. The minimum Gasteiger partial charge on any atom is -0.293 e. The quantitative estimate of drug-likeness (QED) is 0.0762. The fourth-order valence-electron chi connectivity index (χ4n) is 5.65. The van der Waals surface area contributed by atoms with Crippen LogP contribution >= 0.6 is 110 Å². The van der Waals surface area contributed by atoms with Gasteiger partial charge in [-0.15, -0.1) is 0 Å². The first-order chi connectivity index (χ1) is 20.9. The highest BCUT2D eigenvalue weighted by molar-refractivity contribution is 9.13. The third kappa shape index (κ3) is 4.11. The first-order valence-corrected chi connectivity index (χ1v) is 17.1. The molecule has 0 bridgehead atoms. The van der Waals surface area contributed by atoms with Crippen LogP contribution in [0.3, 0.4) is 0 Å². The maximum absolute atomic E-state index is 14.1. The monoisotopic (exact) mass is 916 g/mol. The Bertz CT molecular complexity index is 2230. The van der Waals surface area contributed by atoms with Crippen LogP contribution in [0.5, 0.6) is 0 Å². The van der Waals surface area contributed by atoms with Crippen LogP contribution in [0.4, 0.5) is 5.69 Å². The van der Waals surface area contributed by atoms with E-state index >= 15 is 0 Å². The topological polar surface area (TPSA) is 84.4 Å². The fraction of sp³-hybridized carbons (Fsp3) is 0.0333. The molecule has 14 heteroatoms. The number of nitrogens with zero attached hydrogens (tertiary/aromatic N) is 2. The van der Waals surface area contributed by atoms with Crippen molar-refractivity contribution in [1.29, 1.82) is 0 Å².